The summed E-state index contributed by atoms with van der Waals surface area (Å²) >= 11 is 0. The fraction of sp³-hybridized carbons (Fsp3) is 0. The van der Waals surface area contributed by atoms with Gasteiger partial charge in [0.2, 0.25) is 0 Å². The van der Waals surface area contributed by atoms with Crippen LogP contribution in [-0.2, 0) is 9.05 Å². The van der Waals surface area contributed by atoms with E-state index in [1.54, 1.807) is 0 Å². The first-order chi connectivity index (χ1) is 7.64. The van der Waals surface area contributed by atoms with Crippen molar-refractivity contribution in [3.8, 4) is 5.75 Å². The molecular formula is C8H5ClO7S. The zero-order valence-corrected chi connectivity index (χ0v) is 9.49. The van der Waals surface area contributed by atoms with Crippen LogP contribution in [0.25, 0.3) is 0 Å². The minimum absolute atomic E-state index is 0.576. The number of carboxylic acids is 2. The SMILES string of the molecule is O=C(O)c1cc(C(=O)O)c(O)c(S(=O)(=O)Cl)c1. The van der Waals surface area contributed by atoms with Gasteiger partial charge in [0.25, 0.3) is 9.05 Å². The Morgan fingerprint density at radius 2 is 1.65 bits per heavy atom. The summed E-state index contributed by atoms with van der Waals surface area (Å²) in [6.45, 7) is 0. The van der Waals surface area contributed by atoms with Crippen molar-refractivity contribution in [1.29, 1.82) is 0 Å². The van der Waals surface area contributed by atoms with Gasteiger partial charge in [-0.05, 0) is 12.1 Å². The summed E-state index contributed by atoms with van der Waals surface area (Å²) in [5.74, 6) is -4.32. The zero-order valence-electron chi connectivity index (χ0n) is 7.92. The quantitative estimate of drug-likeness (QED) is 0.695. The van der Waals surface area contributed by atoms with Crippen molar-refractivity contribution in [2.75, 3.05) is 0 Å². The van der Waals surface area contributed by atoms with Crippen LogP contribution in [0.4, 0.5) is 0 Å². The number of carboxylic acid groups (broad SMARTS) is 2. The molecular weight excluding hydrogens is 276 g/mol. The normalized spacial score (nSPS) is 11.1. The monoisotopic (exact) mass is 280 g/mol. The fourth-order valence-corrected chi connectivity index (χ4v) is 2.04. The summed E-state index contributed by atoms with van der Waals surface area (Å²) in [5.41, 5.74) is -1.47. The molecule has 17 heavy (non-hydrogen) atoms. The molecule has 0 unspecified atom stereocenters. The van der Waals surface area contributed by atoms with Crippen molar-refractivity contribution in [2.45, 2.75) is 4.90 Å². The Balaban J connectivity index is 3.73. The molecule has 0 saturated carbocycles. The van der Waals surface area contributed by atoms with Gasteiger partial charge in [-0.15, -0.1) is 0 Å². The van der Waals surface area contributed by atoms with Crippen LogP contribution in [0, 0.1) is 0 Å². The third-order valence-corrected chi connectivity index (χ3v) is 3.15. The van der Waals surface area contributed by atoms with E-state index in [-0.39, 0.29) is 0 Å². The molecule has 1 aromatic carbocycles. The summed E-state index contributed by atoms with van der Waals surface area (Å²) in [6.07, 6.45) is 0. The van der Waals surface area contributed by atoms with Gasteiger partial charge in [-0.3, -0.25) is 0 Å². The van der Waals surface area contributed by atoms with E-state index in [0.717, 1.165) is 0 Å². The van der Waals surface area contributed by atoms with E-state index < -0.39 is 42.8 Å². The highest BCUT2D eigenvalue weighted by Crippen LogP contribution is 2.31. The van der Waals surface area contributed by atoms with Gasteiger partial charge in [0.1, 0.15) is 16.2 Å². The predicted octanol–water partition coefficient (Wildman–Crippen LogP) is 0.716. The van der Waals surface area contributed by atoms with Crippen molar-refractivity contribution in [3.63, 3.8) is 0 Å². The molecule has 0 aliphatic rings. The molecule has 0 saturated heterocycles. The summed E-state index contributed by atoms with van der Waals surface area (Å²) in [7, 11) is 0.494. The van der Waals surface area contributed by atoms with Crippen molar-refractivity contribution in [2.24, 2.45) is 0 Å². The summed E-state index contributed by atoms with van der Waals surface area (Å²) in [5, 5.41) is 26.7. The van der Waals surface area contributed by atoms with Crippen LogP contribution in [0.3, 0.4) is 0 Å². The molecule has 92 valence electrons. The lowest BCUT2D eigenvalue weighted by Gasteiger charge is -2.06. The van der Waals surface area contributed by atoms with Gasteiger partial charge in [-0.2, -0.15) is 0 Å². The lowest BCUT2D eigenvalue weighted by molar-refractivity contribution is 0.0693. The zero-order chi connectivity index (χ0) is 13.4. The Bertz CT molecular complexity index is 605. The van der Waals surface area contributed by atoms with E-state index in [9.17, 15) is 23.1 Å². The molecule has 0 aliphatic carbocycles. The van der Waals surface area contributed by atoms with E-state index in [1.807, 2.05) is 0 Å². The highest BCUT2D eigenvalue weighted by molar-refractivity contribution is 8.13. The van der Waals surface area contributed by atoms with Crippen LogP contribution in [0.15, 0.2) is 17.0 Å². The number of rotatable bonds is 3. The second-order valence-electron chi connectivity index (χ2n) is 2.92. The van der Waals surface area contributed by atoms with Crippen molar-refractivity contribution >= 4 is 31.7 Å². The van der Waals surface area contributed by atoms with Crippen LogP contribution in [0.1, 0.15) is 20.7 Å². The van der Waals surface area contributed by atoms with Crippen LogP contribution in [0.2, 0.25) is 0 Å². The average Bonchev–Trinajstić information content (AvgIpc) is 2.15. The molecule has 0 fully saturated rings. The van der Waals surface area contributed by atoms with E-state index >= 15 is 0 Å². The molecule has 3 N–H and O–H groups in total. The van der Waals surface area contributed by atoms with Gasteiger partial charge in [-0.25, -0.2) is 18.0 Å². The molecule has 0 aliphatic heterocycles. The molecule has 0 amide bonds. The van der Waals surface area contributed by atoms with Gasteiger partial charge in [0, 0.05) is 10.7 Å². The molecule has 0 aromatic heterocycles. The maximum Gasteiger partial charge on any atom is 0.339 e. The minimum atomic E-state index is -4.45. The Labute approximate surface area is 99.3 Å². The summed E-state index contributed by atoms with van der Waals surface area (Å²) < 4.78 is 22.0. The number of carbonyl (C=O) groups is 2. The van der Waals surface area contributed by atoms with Gasteiger partial charge in [0.15, 0.2) is 0 Å². The molecule has 0 spiro atoms. The molecule has 0 radical (unpaired) electrons. The number of hydrogen-bond acceptors (Lipinski definition) is 5. The average molecular weight is 281 g/mol. The van der Waals surface area contributed by atoms with Crippen LogP contribution >= 0.6 is 10.7 Å². The highest BCUT2D eigenvalue weighted by atomic mass is 35.7. The first-order valence-corrected chi connectivity index (χ1v) is 6.23. The van der Waals surface area contributed by atoms with Gasteiger partial charge < -0.3 is 15.3 Å². The van der Waals surface area contributed by atoms with Crippen molar-refractivity contribution in [1.82, 2.24) is 0 Å². The summed E-state index contributed by atoms with van der Waals surface area (Å²) in [4.78, 5) is 20.4. The van der Waals surface area contributed by atoms with Gasteiger partial charge in [0.05, 0.1) is 5.56 Å². The molecule has 1 aromatic rings. The Morgan fingerprint density at radius 1 is 1.12 bits per heavy atom. The van der Waals surface area contributed by atoms with E-state index in [0.29, 0.717) is 12.1 Å². The molecule has 1 rings (SSSR count). The highest BCUT2D eigenvalue weighted by Gasteiger charge is 2.24. The van der Waals surface area contributed by atoms with Gasteiger partial charge in [-0.1, -0.05) is 0 Å². The maximum atomic E-state index is 11.0. The molecule has 9 heteroatoms. The van der Waals surface area contributed by atoms with Crippen LogP contribution in [-0.4, -0.2) is 35.7 Å². The van der Waals surface area contributed by atoms with E-state index in [1.165, 1.54) is 0 Å². The summed E-state index contributed by atoms with van der Waals surface area (Å²) in [6, 6.07) is 1.21. The Kier molecular flexibility index (Phi) is 3.30. The van der Waals surface area contributed by atoms with Crippen LogP contribution < -0.4 is 0 Å². The molecule has 0 bridgehead atoms. The lowest BCUT2D eigenvalue weighted by atomic mass is 10.1. The van der Waals surface area contributed by atoms with Crippen LogP contribution in [0.5, 0.6) is 5.75 Å². The maximum absolute atomic E-state index is 11.0. The number of aromatic carboxylic acids is 2. The standard InChI is InChI=1S/C8H5ClO7S/c9-17(15,16)5-2-3(7(11)12)1-4(6(5)10)8(13)14/h1-2,10H,(H,11,12)(H,13,14). The first kappa shape index (κ1) is 13.3. The largest absolute Gasteiger partial charge is 0.506 e. The smallest absolute Gasteiger partial charge is 0.339 e. The number of benzene rings is 1. The number of hydrogen-bond donors (Lipinski definition) is 3. The second-order valence-corrected chi connectivity index (χ2v) is 5.45. The number of halogens is 1. The van der Waals surface area contributed by atoms with Crippen molar-refractivity contribution < 1.29 is 33.3 Å². The predicted molar refractivity (Wildman–Crippen MR) is 55.1 cm³/mol. The van der Waals surface area contributed by atoms with E-state index in [2.05, 4.69) is 0 Å². The number of aromatic hydroxyl groups is 1. The topological polar surface area (TPSA) is 129 Å². The lowest BCUT2D eigenvalue weighted by Crippen LogP contribution is -2.06. The third kappa shape index (κ3) is 2.66. The van der Waals surface area contributed by atoms with E-state index in [4.69, 9.17) is 20.9 Å². The molecule has 0 heterocycles. The number of phenols is 1. The Morgan fingerprint density at radius 3 is 2.00 bits per heavy atom. The fourth-order valence-electron chi connectivity index (χ4n) is 1.08. The molecule has 0 atom stereocenters. The van der Waals surface area contributed by atoms with Crippen molar-refractivity contribution in [3.05, 3.63) is 23.3 Å². The third-order valence-electron chi connectivity index (χ3n) is 1.81. The van der Waals surface area contributed by atoms with Gasteiger partial charge >= 0.3 is 11.9 Å². The first-order valence-electron chi connectivity index (χ1n) is 3.93. The minimum Gasteiger partial charge on any atom is -0.506 e. The second kappa shape index (κ2) is 4.22. The molecule has 7 nitrogen and oxygen atoms in total. The Hall–Kier alpha value is -1.80.